The minimum absolute atomic E-state index is 0.360. The molecule has 2 heteroatoms. The highest BCUT2D eigenvalue weighted by atomic mass is 15.3. The third-order valence-electron chi connectivity index (χ3n) is 5.23. The van der Waals surface area contributed by atoms with Crippen molar-refractivity contribution in [3.05, 3.63) is 0 Å². The van der Waals surface area contributed by atoms with Gasteiger partial charge in [-0.15, -0.1) is 0 Å². The molecule has 100 valence electrons. The Morgan fingerprint density at radius 2 is 1.88 bits per heavy atom. The molecule has 0 aromatic rings. The van der Waals surface area contributed by atoms with Crippen LogP contribution >= 0.6 is 0 Å². The Morgan fingerprint density at radius 3 is 2.41 bits per heavy atom. The van der Waals surface area contributed by atoms with Crippen molar-refractivity contribution in [2.75, 3.05) is 6.54 Å². The van der Waals surface area contributed by atoms with Gasteiger partial charge in [-0.3, -0.25) is 4.90 Å². The Labute approximate surface area is 107 Å². The van der Waals surface area contributed by atoms with Crippen molar-refractivity contribution in [3.8, 4) is 0 Å². The summed E-state index contributed by atoms with van der Waals surface area (Å²) in [6.07, 6.45) is 9.48. The first-order valence-electron chi connectivity index (χ1n) is 7.62. The summed E-state index contributed by atoms with van der Waals surface area (Å²) in [5, 5.41) is 0. The first-order valence-corrected chi connectivity index (χ1v) is 7.62. The van der Waals surface area contributed by atoms with Crippen molar-refractivity contribution >= 4 is 0 Å². The third kappa shape index (κ3) is 2.39. The first-order chi connectivity index (χ1) is 8.10. The lowest BCUT2D eigenvalue weighted by molar-refractivity contribution is 0.0386. The van der Waals surface area contributed by atoms with Crippen LogP contribution in [0.3, 0.4) is 0 Å². The van der Waals surface area contributed by atoms with Crippen LogP contribution in [0.1, 0.15) is 65.7 Å². The number of rotatable bonds is 3. The smallest absolute Gasteiger partial charge is 0.0363 e. The molecule has 0 radical (unpaired) electrons. The maximum absolute atomic E-state index is 6.45. The van der Waals surface area contributed by atoms with Crippen LogP contribution in [0.2, 0.25) is 0 Å². The van der Waals surface area contributed by atoms with Gasteiger partial charge in [0.25, 0.3) is 0 Å². The molecule has 1 unspecified atom stereocenters. The van der Waals surface area contributed by atoms with Crippen LogP contribution in [0.4, 0.5) is 0 Å². The number of hydrogen-bond acceptors (Lipinski definition) is 2. The second kappa shape index (κ2) is 5.27. The molecule has 1 heterocycles. The molecular weight excluding hydrogens is 208 g/mol. The fraction of sp³-hybridized carbons (Fsp3) is 1.00. The van der Waals surface area contributed by atoms with Gasteiger partial charge >= 0.3 is 0 Å². The summed E-state index contributed by atoms with van der Waals surface area (Å²) in [5.41, 5.74) is 6.81. The third-order valence-corrected chi connectivity index (χ3v) is 5.23. The van der Waals surface area contributed by atoms with Gasteiger partial charge in [0.2, 0.25) is 0 Å². The summed E-state index contributed by atoms with van der Waals surface area (Å²) in [6.45, 7) is 8.19. The molecule has 1 aliphatic carbocycles. The van der Waals surface area contributed by atoms with Crippen LogP contribution in [0.15, 0.2) is 0 Å². The molecule has 0 aromatic heterocycles. The van der Waals surface area contributed by atoms with E-state index in [1.807, 2.05) is 0 Å². The van der Waals surface area contributed by atoms with Gasteiger partial charge in [0.05, 0.1) is 0 Å². The van der Waals surface area contributed by atoms with Crippen LogP contribution in [0.5, 0.6) is 0 Å². The Hall–Kier alpha value is -0.0800. The van der Waals surface area contributed by atoms with Crippen molar-refractivity contribution in [1.29, 1.82) is 0 Å². The van der Waals surface area contributed by atoms with Crippen LogP contribution in [-0.4, -0.2) is 29.1 Å². The van der Waals surface area contributed by atoms with Gasteiger partial charge in [0.15, 0.2) is 0 Å². The van der Waals surface area contributed by atoms with Crippen molar-refractivity contribution < 1.29 is 0 Å². The average molecular weight is 238 g/mol. The molecule has 2 fully saturated rings. The molecule has 1 spiro atoms. The highest BCUT2D eigenvalue weighted by Crippen LogP contribution is 2.44. The predicted molar refractivity (Wildman–Crippen MR) is 74.0 cm³/mol. The van der Waals surface area contributed by atoms with E-state index in [2.05, 4.69) is 25.7 Å². The van der Waals surface area contributed by atoms with E-state index in [-0.39, 0.29) is 0 Å². The minimum atomic E-state index is 0.360. The summed E-state index contributed by atoms with van der Waals surface area (Å²) < 4.78 is 0. The maximum atomic E-state index is 6.45. The normalized spacial score (nSPS) is 39.4. The van der Waals surface area contributed by atoms with Crippen molar-refractivity contribution in [3.63, 3.8) is 0 Å². The second-order valence-corrected chi connectivity index (χ2v) is 6.52. The Bertz CT molecular complexity index is 241. The molecule has 1 aliphatic heterocycles. The quantitative estimate of drug-likeness (QED) is 0.818. The molecule has 1 saturated heterocycles. The van der Waals surface area contributed by atoms with Gasteiger partial charge in [-0.25, -0.2) is 0 Å². The highest BCUT2D eigenvalue weighted by Gasteiger charge is 2.49. The van der Waals surface area contributed by atoms with Crippen LogP contribution in [-0.2, 0) is 0 Å². The second-order valence-electron chi connectivity index (χ2n) is 6.52. The summed E-state index contributed by atoms with van der Waals surface area (Å²) in [6, 6.07) is 1.08. The fourth-order valence-corrected chi connectivity index (χ4v) is 4.29. The maximum Gasteiger partial charge on any atom is 0.0363 e. The SMILES string of the molecule is CCCC1CCC2(CC1)C(N)CCN2C(C)C. The summed E-state index contributed by atoms with van der Waals surface area (Å²) in [4.78, 5) is 2.71. The molecule has 2 aliphatic rings. The van der Waals surface area contributed by atoms with Gasteiger partial charge in [0, 0.05) is 24.2 Å². The summed E-state index contributed by atoms with van der Waals surface area (Å²) >= 11 is 0. The van der Waals surface area contributed by atoms with Crippen molar-refractivity contribution in [2.45, 2.75) is 83.3 Å². The van der Waals surface area contributed by atoms with Crippen LogP contribution in [0.25, 0.3) is 0 Å². The first kappa shape index (κ1) is 13.4. The zero-order valence-corrected chi connectivity index (χ0v) is 11.9. The molecule has 2 nitrogen and oxygen atoms in total. The van der Waals surface area contributed by atoms with Crippen LogP contribution in [0, 0.1) is 5.92 Å². The van der Waals surface area contributed by atoms with E-state index in [4.69, 9.17) is 5.73 Å². The lowest BCUT2D eigenvalue weighted by atomic mass is 9.71. The minimum Gasteiger partial charge on any atom is -0.326 e. The molecule has 0 bridgehead atoms. The number of nitrogens with zero attached hydrogens (tertiary/aromatic N) is 1. The van der Waals surface area contributed by atoms with Crippen molar-refractivity contribution in [2.24, 2.45) is 11.7 Å². The van der Waals surface area contributed by atoms with E-state index >= 15 is 0 Å². The van der Waals surface area contributed by atoms with Gasteiger partial charge in [-0.05, 0) is 51.9 Å². The predicted octanol–water partition coefficient (Wildman–Crippen LogP) is 3.16. The monoisotopic (exact) mass is 238 g/mol. The number of hydrogen-bond donors (Lipinski definition) is 1. The zero-order valence-electron chi connectivity index (χ0n) is 11.9. The molecule has 2 N–H and O–H groups in total. The van der Waals surface area contributed by atoms with E-state index in [1.54, 1.807) is 0 Å². The molecule has 0 amide bonds. The Balaban J connectivity index is 2.03. The van der Waals surface area contributed by atoms with Gasteiger partial charge < -0.3 is 5.73 Å². The van der Waals surface area contributed by atoms with Gasteiger partial charge in [0.1, 0.15) is 0 Å². The largest absolute Gasteiger partial charge is 0.326 e. The molecule has 1 atom stereocenters. The number of likely N-dealkylation sites (tertiary alicyclic amines) is 1. The van der Waals surface area contributed by atoms with Gasteiger partial charge in [-0.2, -0.15) is 0 Å². The number of nitrogens with two attached hydrogens (primary N) is 1. The van der Waals surface area contributed by atoms with Crippen LogP contribution < -0.4 is 5.73 Å². The summed E-state index contributed by atoms with van der Waals surface area (Å²) in [5.74, 6) is 0.979. The zero-order chi connectivity index (χ0) is 12.5. The highest BCUT2D eigenvalue weighted by molar-refractivity contribution is 5.07. The lowest BCUT2D eigenvalue weighted by Crippen LogP contribution is -2.57. The van der Waals surface area contributed by atoms with Gasteiger partial charge in [-0.1, -0.05) is 19.8 Å². The van der Waals surface area contributed by atoms with E-state index in [9.17, 15) is 0 Å². The molecular formula is C15H30N2. The van der Waals surface area contributed by atoms with E-state index in [0.717, 1.165) is 5.92 Å². The lowest BCUT2D eigenvalue weighted by Gasteiger charge is -2.48. The molecule has 0 aromatic carbocycles. The molecule has 2 rings (SSSR count). The van der Waals surface area contributed by atoms with E-state index < -0.39 is 0 Å². The molecule has 17 heavy (non-hydrogen) atoms. The standard InChI is InChI=1S/C15H30N2/c1-4-5-13-6-9-15(10-7-13)14(16)8-11-17(15)12(2)3/h12-14H,4-11,16H2,1-3H3. The Kier molecular flexibility index (Phi) is 4.14. The average Bonchev–Trinajstić information content (AvgIpc) is 2.61. The van der Waals surface area contributed by atoms with E-state index in [0.29, 0.717) is 17.6 Å². The topological polar surface area (TPSA) is 29.3 Å². The van der Waals surface area contributed by atoms with E-state index in [1.165, 1.54) is 51.5 Å². The van der Waals surface area contributed by atoms with Crippen molar-refractivity contribution in [1.82, 2.24) is 4.90 Å². The summed E-state index contributed by atoms with van der Waals surface area (Å²) in [7, 11) is 0. The Morgan fingerprint density at radius 1 is 1.24 bits per heavy atom. The fourth-order valence-electron chi connectivity index (χ4n) is 4.29. The molecule has 1 saturated carbocycles.